The van der Waals surface area contributed by atoms with Gasteiger partial charge < -0.3 is 0 Å². The largest absolute Gasteiger partial charge is 0.389 e. The first-order valence-electron chi connectivity index (χ1n) is 6.08. The van der Waals surface area contributed by atoms with Crippen LogP contribution in [0, 0.1) is 0 Å². The molecule has 0 bridgehead atoms. The third-order valence-corrected chi connectivity index (χ3v) is 2.88. The molecule has 100 valence electrons. The summed E-state index contributed by atoms with van der Waals surface area (Å²) in [5.41, 5.74) is 0.886. The van der Waals surface area contributed by atoms with E-state index in [1.54, 1.807) is 0 Å². The number of benzene rings is 1. The van der Waals surface area contributed by atoms with Crippen molar-refractivity contribution in [3.8, 4) is 0 Å². The van der Waals surface area contributed by atoms with E-state index in [-0.39, 0.29) is 24.5 Å². The molecule has 0 radical (unpaired) electrons. The lowest BCUT2D eigenvalue weighted by Gasteiger charge is -2.14. The predicted octanol–water partition coefficient (Wildman–Crippen LogP) is 4.48. The second kappa shape index (κ2) is 6.57. The first-order chi connectivity index (χ1) is 8.44. The van der Waals surface area contributed by atoms with Crippen LogP contribution in [0.1, 0.15) is 44.1 Å². The molecular formula is C14H17F3O. The van der Waals surface area contributed by atoms with Gasteiger partial charge in [-0.1, -0.05) is 37.3 Å². The molecule has 1 unspecified atom stereocenters. The Morgan fingerprint density at radius 3 is 2.33 bits per heavy atom. The molecule has 0 heterocycles. The van der Waals surface area contributed by atoms with Gasteiger partial charge in [-0.3, -0.25) is 4.79 Å². The maximum absolute atomic E-state index is 12.0. The Kier molecular flexibility index (Phi) is 5.38. The molecule has 4 heteroatoms. The van der Waals surface area contributed by atoms with Crippen molar-refractivity contribution in [2.75, 3.05) is 0 Å². The molecule has 1 nitrogen and oxygen atoms in total. The average Bonchev–Trinajstić information content (AvgIpc) is 2.29. The standard InChI is InChI=1S/C14H17F3O/c1-2-12(11-7-4-3-5-8-11)13(18)9-6-10-14(15,16)17/h3-5,7-8,12H,2,6,9-10H2,1H3. The Morgan fingerprint density at radius 2 is 1.83 bits per heavy atom. The number of rotatable bonds is 6. The van der Waals surface area contributed by atoms with Crippen LogP contribution in [-0.4, -0.2) is 12.0 Å². The van der Waals surface area contributed by atoms with E-state index in [0.717, 1.165) is 5.56 Å². The molecule has 1 atom stereocenters. The van der Waals surface area contributed by atoms with E-state index in [4.69, 9.17) is 0 Å². The van der Waals surface area contributed by atoms with Crippen LogP contribution < -0.4 is 0 Å². The van der Waals surface area contributed by atoms with Gasteiger partial charge in [0.2, 0.25) is 0 Å². The van der Waals surface area contributed by atoms with Gasteiger partial charge in [-0.2, -0.15) is 13.2 Å². The van der Waals surface area contributed by atoms with E-state index in [9.17, 15) is 18.0 Å². The molecule has 0 N–H and O–H groups in total. The van der Waals surface area contributed by atoms with Crippen LogP contribution in [0.15, 0.2) is 30.3 Å². The van der Waals surface area contributed by atoms with Crippen LogP contribution in [0.25, 0.3) is 0 Å². The predicted molar refractivity (Wildman–Crippen MR) is 64.4 cm³/mol. The summed E-state index contributed by atoms with van der Waals surface area (Å²) in [6, 6.07) is 9.21. The summed E-state index contributed by atoms with van der Waals surface area (Å²) in [6.07, 6.45) is -4.56. The molecule has 0 fully saturated rings. The summed E-state index contributed by atoms with van der Waals surface area (Å²) >= 11 is 0. The number of carbonyl (C=O) groups is 1. The topological polar surface area (TPSA) is 17.1 Å². The minimum Gasteiger partial charge on any atom is -0.299 e. The zero-order valence-corrected chi connectivity index (χ0v) is 10.3. The molecule has 1 rings (SSSR count). The van der Waals surface area contributed by atoms with Crippen molar-refractivity contribution in [1.29, 1.82) is 0 Å². The van der Waals surface area contributed by atoms with Crippen molar-refractivity contribution in [2.24, 2.45) is 0 Å². The number of hydrogen-bond acceptors (Lipinski definition) is 1. The Morgan fingerprint density at radius 1 is 1.22 bits per heavy atom. The monoisotopic (exact) mass is 258 g/mol. The molecule has 18 heavy (non-hydrogen) atoms. The lowest BCUT2D eigenvalue weighted by atomic mass is 9.90. The summed E-state index contributed by atoms with van der Waals surface area (Å²) < 4.78 is 36.0. The number of carbonyl (C=O) groups excluding carboxylic acids is 1. The van der Waals surface area contributed by atoms with Gasteiger partial charge in [0.05, 0.1) is 0 Å². The van der Waals surface area contributed by atoms with Crippen molar-refractivity contribution in [1.82, 2.24) is 0 Å². The molecule has 0 spiro atoms. The molecular weight excluding hydrogens is 241 g/mol. The highest BCUT2D eigenvalue weighted by molar-refractivity contribution is 5.85. The molecule has 0 aliphatic heterocycles. The minimum absolute atomic E-state index is 0.00703. The first-order valence-corrected chi connectivity index (χ1v) is 6.08. The van der Waals surface area contributed by atoms with E-state index in [1.807, 2.05) is 37.3 Å². The molecule has 0 amide bonds. The normalized spacial score (nSPS) is 13.3. The SMILES string of the molecule is CCC(C(=O)CCCC(F)(F)F)c1ccccc1. The molecule has 0 aromatic heterocycles. The zero-order valence-electron chi connectivity index (χ0n) is 10.3. The van der Waals surface area contributed by atoms with Crippen molar-refractivity contribution in [3.63, 3.8) is 0 Å². The van der Waals surface area contributed by atoms with Crippen LogP contribution in [0.4, 0.5) is 13.2 Å². The lowest BCUT2D eigenvalue weighted by Crippen LogP contribution is -2.14. The Labute approximate surface area is 105 Å². The third-order valence-electron chi connectivity index (χ3n) is 2.88. The van der Waals surface area contributed by atoms with E-state index in [0.29, 0.717) is 6.42 Å². The maximum atomic E-state index is 12.0. The van der Waals surface area contributed by atoms with Gasteiger partial charge in [-0.15, -0.1) is 0 Å². The van der Waals surface area contributed by atoms with Crippen LogP contribution in [0.2, 0.25) is 0 Å². The van der Waals surface area contributed by atoms with Gasteiger partial charge in [0.15, 0.2) is 0 Å². The second-order valence-electron chi connectivity index (χ2n) is 4.31. The highest BCUT2D eigenvalue weighted by Crippen LogP contribution is 2.26. The van der Waals surface area contributed by atoms with E-state index < -0.39 is 12.6 Å². The van der Waals surface area contributed by atoms with Crippen molar-refractivity contribution >= 4 is 5.78 Å². The fraction of sp³-hybridized carbons (Fsp3) is 0.500. The fourth-order valence-electron chi connectivity index (χ4n) is 1.97. The lowest BCUT2D eigenvalue weighted by molar-refractivity contribution is -0.137. The maximum Gasteiger partial charge on any atom is 0.389 e. The van der Waals surface area contributed by atoms with Crippen molar-refractivity contribution in [2.45, 2.75) is 44.7 Å². The summed E-state index contributed by atoms with van der Waals surface area (Å²) in [7, 11) is 0. The average molecular weight is 258 g/mol. The van der Waals surface area contributed by atoms with Gasteiger partial charge in [0.25, 0.3) is 0 Å². The first kappa shape index (κ1) is 14.7. The quantitative estimate of drug-likeness (QED) is 0.735. The smallest absolute Gasteiger partial charge is 0.299 e. The number of halogens is 3. The molecule has 0 saturated carbocycles. The van der Waals surface area contributed by atoms with Crippen LogP contribution >= 0.6 is 0 Å². The van der Waals surface area contributed by atoms with Crippen molar-refractivity contribution < 1.29 is 18.0 Å². The van der Waals surface area contributed by atoms with Gasteiger partial charge in [0, 0.05) is 18.8 Å². The highest BCUT2D eigenvalue weighted by atomic mass is 19.4. The zero-order chi connectivity index (χ0) is 13.6. The Balaban J connectivity index is 2.54. The fourth-order valence-corrected chi connectivity index (χ4v) is 1.97. The van der Waals surface area contributed by atoms with Crippen LogP contribution in [0.3, 0.4) is 0 Å². The summed E-state index contributed by atoms with van der Waals surface area (Å²) in [5.74, 6) is -0.382. The molecule has 0 aliphatic rings. The number of hydrogen-bond donors (Lipinski definition) is 0. The molecule has 0 saturated heterocycles. The summed E-state index contributed by atoms with van der Waals surface area (Å²) in [4.78, 5) is 11.9. The van der Waals surface area contributed by atoms with E-state index >= 15 is 0 Å². The van der Waals surface area contributed by atoms with Crippen molar-refractivity contribution in [3.05, 3.63) is 35.9 Å². The van der Waals surface area contributed by atoms with Crippen LogP contribution in [0.5, 0.6) is 0 Å². The minimum atomic E-state index is -4.17. The van der Waals surface area contributed by atoms with E-state index in [2.05, 4.69) is 0 Å². The Bertz CT molecular complexity index is 370. The Hall–Kier alpha value is -1.32. The van der Waals surface area contributed by atoms with E-state index in [1.165, 1.54) is 0 Å². The highest BCUT2D eigenvalue weighted by Gasteiger charge is 2.27. The summed E-state index contributed by atoms with van der Waals surface area (Å²) in [5, 5.41) is 0. The van der Waals surface area contributed by atoms with Gasteiger partial charge >= 0.3 is 6.18 Å². The molecule has 1 aromatic rings. The van der Waals surface area contributed by atoms with Gasteiger partial charge in [0.1, 0.15) is 5.78 Å². The van der Waals surface area contributed by atoms with Crippen LogP contribution in [-0.2, 0) is 4.79 Å². The summed E-state index contributed by atoms with van der Waals surface area (Å²) in [6.45, 7) is 1.87. The molecule has 1 aromatic carbocycles. The third kappa shape index (κ3) is 4.90. The van der Waals surface area contributed by atoms with Gasteiger partial charge in [-0.25, -0.2) is 0 Å². The van der Waals surface area contributed by atoms with Gasteiger partial charge in [-0.05, 0) is 18.4 Å². The number of ketones is 1. The number of alkyl halides is 3. The number of Topliss-reactive ketones (excluding diaryl/α,β-unsaturated/α-hetero) is 1. The second-order valence-corrected chi connectivity index (χ2v) is 4.31. The molecule has 0 aliphatic carbocycles.